The third-order valence-corrected chi connectivity index (χ3v) is 4.70. The molecule has 0 saturated carbocycles. The van der Waals surface area contributed by atoms with Crippen LogP contribution in [0.5, 0.6) is 0 Å². The van der Waals surface area contributed by atoms with Crippen molar-refractivity contribution in [1.29, 1.82) is 0 Å². The quantitative estimate of drug-likeness (QED) is 0.723. The Balaban J connectivity index is 2.03. The van der Waals surface area contributed by atoms with E-state index in [4.69, 9.17) is 4.42 Å². The molecule has 3 rings (SSSR count). The number of rotatable bonds is 3. The summed E-state index contributed by atoms with van der Waals surface area (Å²) in [4.78, 5) is 0.305. The van der Waals surface area contributed by atoms with Crippen LogP contribution in [0, 0.1) is 6.92 Å². The van der Waals surface area contributed by atoms with Gasteiger partial charge in [-0.25, -0.2) is 8.42 Å². The summed E-state index contributed by atoms with van der Waals surface area (Å²) in [7, 11) is -3.19. The SMILES string of the molecule is Cc1ccc(-c2ccoc2-c2ccc(S(C)(=O)=O)cc2)cc1. The molecule has 0 aliphatic rings. The third kappa shape index (κ3) is 2.83. The molecule has 4 heteroatoms. The molecule has 112 valence electrons. The lowest BCUT2D eigenvalue weighted by atomic mass is 10.0. The van der Waals surface area contributed by atoms with Crippen LogP contribution in [-0.2, 0) is 9.84 Å². The number of aryl methyl sites for hydroxylation is 1. The van der Waals surface area contributed by atoms with E-state index < -0.39 is 9.84 Å². The van der Waals surface area contributed by atoms with E-state index in [0.29, 0.717) is 4.90 Å². The fourth-order valence-electron chi connectivity index (χ4n) is 2.35. The molecule has 0 radical (unpaired) electrons. The lowest BCUT2D eigenvalue weighted by Gasteiger charge is -2.05. The van der Waals surface area contributed by atoms with E-state index in [1.165, 1.54) is 11.8 Å². The Morgan fingerprint density at radius 3 is 2.00 bits per heavy atom. The number of furan rings is 1. The highest BCUT2D eigenvalue weighted by Crippen LogP contribution is 2.33. The molecule has 1 aromatic heterocycles. The van der Waals surface area contributed by atoms with Crippen LogP contribution in [0.3, 0.4) is 0 Å². The zero-order chi connectivity index (χ0) is 15.7. The van der Waals surface area contributed by atoms with E-state index in [0.717, 1.165) is 22.5 Å². The Kier molecular flexibility index (Phi) is 3.62. The second-order valence-electron chi connectivity index (χ2n) is 5.33. The van der Waals surface area contributed by atoms with E-state index in [-0.39, 0.29) is 0 Å². The highest BCUT2D eigenvalue weighted by Gasteiger charge is 2.12. The summed E-state index contributed by atoms with van der Waals surface area (Å²) < 4.78 is 28.7. The van der Waals surface area contributed by atoms with Crippen molar-refractivity contribution in [3.63, 3.8) is 0 Å². The Morgan fingerprint density at radius 2 is 1.41 bits per heavy atom. The largest absolute Gasteiger partial charge is 0.464 e. The van der Waals surface area contributed by atoms with Gasteiger partial charge in [-0.2, -0.15) is 0 Å². The molecule has 0 spiro atoms. The van der Waals surface area contributed by atoms with Crippen LogP contribution in [-0.4, -0.2) is 14.7 Å². The second-order valence-corrected chi connectivity index (χ2v) is 7.34. The molecule has 0 aliphatic carbocycles. The fourth-order valence-corrected chi connectivity index (χ4v) is 2.98. The topological polar surface area (TPSA) is 47.3 Å². The van der Waals surface area contributed by atoms with E-state index in [1.807, 2.05) is 13.0 Å². The molecule has 0 saturated heterocycles. The van der Waals surface area contributed by atoms with Crippen molar-refractivity contribution in [1.82, 2.24) is 0 Å². The summed E-state index contributed by atoms with van der Waals surface area (Å²) in [6.45, 7) is 2.05. The Bertz CT molecular complexity index is 886. The molecule has 0 unspecified atom stereocenters. The van der Waals surface area contributed by atoms with E-state index in [2.05, 4.69) is 24.3 Å². The molecule has 0 N–H and O–H groups in total. The smallest absolute Gasteiger partial charge is 0.175 e. The summed E-state index contributed by atoms with van der Waals surface area (Å²) in [5.74, 6) is 0.740. The predicted octanol–water partition coefficient (Wildman–Crippen LogP) is 4.33. The van der Waals surface area contributed by atoms with Gasteiger partial charge in [-0.05, 0) is 42.8 Å². The summed E-state index contributed by atoms with van der Waals surface area (Å²) in [5, 5.41) is 0. The molecular formula is C18H16O3S. The minimum absolute atomic E-state index is 0.305. The standard InChI is InChI=1S/C18H16O3S/c1-13-3-5-14(6-4-13)17-11-12-21-18(17)15-7-9-16(10-8-15)22(2,19)20/h3-12H,1-2H3. The van der Waals surface area contributed by atoms with Crippen molar-refractivity contribution in [3.8, 4) is 22.5 Å². The Morgan fingerprint density at radius 1 is 0.818 bits per heavy atom. The first-order valence-corrected chi connectivity index (χ1v) is 8.79. The van der Waals surface area contributed by atoms with Crippen molar-refractivity contribution in [2.24, 2.45) is 0 Å². The van der Waals surface area contributed by atoms with Gasteiger partial charge in [0.25, 0.3) is 0 Å². The molecule has 0 bridgehead atoms. The monoisotopic (exact) mass is 312 g/mol. The highest BCUT2D eigenvalue weighted by atomic mass is 32.2. The van der Waals surface area contributed by atoms with Crippen LogP contribution in [0.2, 0.25) is 0 Å². The lowest BCUT2D eigenvalue weighted by Crippen LogP contribution is -1.96. The first-order chi connectivity index (χ1) is 10.4. The van der Waals surface area contributed by atoms with Gasteiger partial charge < -0.3 is 4.42 Å². The minimum atomic E-state index is -3.19. The van der Waals surface area contributed by atoms with Crippen LogP contribution in [0.1, 0.15) is 5.56 Å². The second kappa shape index (κ2) is 5.46. The van der Waals surface area contributed by atoms with Gasteiger partial charge in [0.2, 0.25) is 0 Å². The number of hydrogen-bond acceptors (Lipinski definition) is 3. The molecule has 22 heavy (non-hydrogen) atoms. The maximum Gasteiger partial charge on any atom is 0.175 e. The number of benzene rings is 2. The van der Waals surface area contributed by atoms with Crippen molar-refractivity contribution >= 4 is 9.84 Å². The third-order valence-electron chi connectivity index (χ3n) is 3.57. The van der Waals surface area contributed by atoms with Crippen LogP contribution in [0.15, 0.2) is 70.2 Å². The van der Waals surface area contributed by atoms with Crippen LogP contribution in [0.25, 0.3) is 22.5 Å². The highest BCUT2D eigenvalue weighted by molar-refractivity contribution is 7.90. The number of sulfone groups is 1. The Labute approximate surface area is 130 Å². The molecule has 0 fully saturated rings. The van der Waals surface area contributed by atoms with Crippen molar-refractivity contribution in [3.05, 3.63) is 66.4 Å². The summed E-state index contributed by atoms with van der Waals surface area (Å²) in [6, 6.07) is 16.9. The molecule has 0 aliphatic heterocycles. The van der Waals surface area contributed by atoms with Gasteiger partial charge in [-0.3, -0.25) is 0 Å². The van der Waals surface area contributed by atoms with E-state index >= 15 is 0 Å². The van der Waals surface area contributed by atoms with Crippen LogP contribution in [0.4, 0.5) is 0 Å². The molecule has 0 atom stereocenters. The maximum absolute atomic E-state index is 11.5. The summed E-state index contributed by atoms with van der Waals surface area (Å²) >= 11 is 0. The average Bonchev–Trinajstić information content (AvgIpc) is 2.97. The fraction of sp³-hybridized carbons (Fsp3) is 0.111. The van der Waals surface area contributed by atoms with Crippen LogP contribution < -0.4 is 0 Å². The average molecular weight is 312 g/mol. The maximum atomic E-state index is 11.5. The van der Waals surface area contributed by atoms with Gasteiger partial charge in [0.15, 0.2) is 9.84 Å². The normalized spacial score (nSPS) is 11.5. The zero-order valence-electron chi connectivity index (χ0n) is 12.4. The van der Waals surface area contributed by atoms with Gasteiger partial charge in [0.05, 0.1) is 11.2 Å². The zero-order valence-corrected chi connectivity index (χ0v) is 13.2. The molecule has 0 amide bonds. The molecule has 1 heterocycles. The molecule has 3 nitrogen and oxygen atoms in total. The summed E-state index contributed by atoms with van der Waals surface area (Å²) in [5.41, 5.74) is 4.12. The Hall–Kier alpha value is -2.33. The van der Waals surface area contributed by atoms with E-state index in [1.54, 1.807) is 30.5 Å². The van der Waals surface area contributed by atoms with Crippen LogP contribution >= 0.6 is 0 Å². The van der Waals surface area contributed by atoms with Gasteiger partial charge in [0, 0.05) is 17.4 Å². The van der Waals surface area contributed by atoms with Crippen molar-refractivity contribution in [2.75, 3.05) is 6.26 Å². The molecule has 3 aromatic rings. The van der Waals surface area contributed by atoms with Gasteiger partial charge >= 0.3 is 0 Å². The minimum Gasteiger partial charge on any atom is -0.464 e. The van der Waals surface area contributed by atoms with Crippen molar-refractivity contribution in [2.45, 2.75) is 11.8 Å². The number of hydrogen-bond donors (Lipinski definition) is 0. The lowest BCUT2D eigenvalue weighted by molar-refractivity contribution is 0.582. The van der Waals surface area contributed by atoms with Gasteiger partial charge in [-0.1, -0.05) is 29.8 Å². The van der Waals surface area contributed by atoms with E-state index in [9.17, 15) is 8.42 Å². The van der Waals surface area contributed by atoms with Gasteiger partial charge in [-0.15, -0.1) is 0 Å². The summed E-state index contributed by atoms with van der Waals surface area (Å²) in [6.07, 6.45) is 2.85. The van der Waals surface area contributed by atoms with Crippen molar-refractivity contribution < 1.29 is 12.8 Å². The molecular weight excluding hydrogens is 296 g/mol. The predicted molar refractivity (Wildman–Crippen MR) is 87.4 cm³/mol. The first kappa shape index (κ1) is 14.6. The van der Waals surface area contributed by atoms with Gasteiger partial charge in [0.1, 0.15) is 5.76 Å². The first-order valence-electron chi connectivity index (χ1n) is 6.90. The molecule has 2 aromatic carbocycles.